The lowest BCUT2D eigenvalue weighted by Crippen LogP contribution is -1.69. The predicted octanol–water partition coefficient (Wildman–Crippen LogP) is 1.96. The molecule has 0 aromatic carbocycles. The number of aromatic nitrogens is 1. The zero-order chi connectivity index (χ0) is 7.56. The van der Waals surface area contributed by atoms with E-state index in [2.05, 4.69) is 23.3 Å². The third-order valence-corrected chi connectivity index (χ3v) is 1.08. The van der Waals surface area contributed by atoms with Crippen molar-refractivity contribution >= 4 is 18.7 Å². The van der Waals surface area contributed by atoms with E-state index < -0.39 is 0 Å². The molecule has 0 saturated heterocycles. The molecule has 0 radical (unpaired) electrons. The van der Waals surface area contributed by atoms with E-state index in [1.807, 2.05) is 0 Å². The summed E-state index contributed by atoms with van der Waals surface area (Å²) in [6, 6.07) is 0. The summed E-state index contributed by atoms with van der Waals surface area (Å²) in [6.45, 7) is 8.62. The van der Waals surface area contributed by atoms with Crippen LogP contribution >= 0.6 is 0 Å². The monoisotopic (exact) mass is 136 g/mol. The number of aryl methyl sites for hydroxylation is 1. The molecule has 52 valence electrons. The Hall–Kier alpha value is -1.38. The van der Waals surface area contributed by atoms with Crippen LogP contribution in [-0.2, 0) is 0 Å². The van der Waals surface area contributed by atoms with Crippen LogP contribution in [0.2, 0.25) is 0 Å². The first-order chi connectivity index (χ1) is 4.77. The molecule has 10 heavy (non-hydrogen) atoms. The van der Waals surface area contributed by atoms with Gasteiger partial charge in [-0.3, -0.25) is 0 Å². The molecule has 0 aliphatic rings. The molecule has 0 bridgehead atoms. The molecule has 0 aliphatic heterocycles. The largest absolute Gasteiger partial charge is 0.423 e. The fourth-order valence-electron chi connectivity index (χ4n) is 0.679. The maximum Gasteiger partial charge on any atom is 0.246 e. The van der Waals surface area contributed by atoms with E-state index in [9.17, 15) is 0 Å². The van der Waals surface area contributed by atoms with E-state index in [-0.39, 0.29) is 0 Å². The Balaban J connectivity index is 3.20. The molecule has 0 fully saturated rings. The third kappa shape index (κ3) is 0.978. The highest BCUT2D eigenvalue weighted by atomic mass is 16.4. The van der Waals surface area contributed by atoms with Crippen molar-refractivity contribution in [1.29, 1.82) is 0 Å². The molecule has 0 N–H and O–H groups in total. The molecule has 0 unspecified atom stereocenters. The third-order valence-electron chi connectivity index (χ3n) is 1.08. The molecular formula is C7H8N2O. The first kappa shape index (κ1) is 6.74. The Labute approximate surface area is 59.1 Å². The van der Waals surface area contributed by atoms with E-state index in [0.717, 1.165) is 0 Å². The average Bonchev–Trinajstić information content (AvgIpc) is 2.30. The van der Waals surface area contributed by atoms with Gasteiger partial charge in [0.05, 0.1) is 0 Å². The van der Waals surface area contributed by atoms with E-state index in [1.165, 1.54) is 0 Å². The van der Waals surface area contributed by atoms with E-state index >= 15 is 0 Å². The lowest BCUT2D eigenvalue weighted by molar-refractivity contribution is 0.531. The molecule has 3 heteroatoms. The van der Waals surface area contributed by atoms with Crippen LogP contribution in [0.3, 0.4) is 0 Å². The number of nitrogens with zero attached hydrogens (tertiary/aromatic N) is 2. The molecule has 0 aliphatic carbocycles. The average molecular weight is 136 g/mol. The van der Waals surface area contributed by atoms with Crippen LogP contribution < -0.4 is 0 Å². The van der Waals surface area contributed by atoms with Crippen LogP contribution in [0.4, 0.5) is 5.88 Å². The van der Waals surface area contributed by atoms with Gasteiger partial charge in [-0.1, -0.05) is 6.58 Å². The van der Waals surface area contributed by atoms with Crippen molar-refractivity contribution in [3.63, 3.8) is 0 Å². The molecule has 0 spiro atoms. The lowest BCUT2D eigenvalue weighted by atomic mass is 10.4. The predicted molar refractivity (Wildman–Crippen MR) is 40.5 cm³/mol. The van der Waals surface area contributed by atoms with Crippen molar-refractivity contribution in [2.75, 3.05) is 0 Å². The molecule has 1 aromatic rings. The second-order valence-corrected chi connectivity index (χ2v) is 1.79. The molecular weight excluding hydrogens is 128 g/mol. The second kappa shape index (κ2) is 2.47. The van der Waals surface area contributed by atoms with Gasteiger partial charge >= 0.3 is 0 Å². The normalized spacial score (nSPS) is 9.30. The van der Waals surface area contributed by atoms with Crippen molar-refractivity contribution < 1.29 is 4.42 Å². The standard InChI is InChI=1S/C7H8N2O/c1-4-6-7(8-3)10-5(2)9-6/h4H,1,3H2,2H3. The summed E-state index contributed by atoms with van der Waals surface area (Å²) >= 11 is 0. The van der Waals surface area contributed by atoms with Gasteiger partial charge in [-0.05, 0) is 12.8 Å². The molecule has 0 atom stereocenters. The Bertz CT molecular complexity index is 237. The van der Waals surface area contributed by atoms with Crippen molar-refractivity contribution in [1.82, 2.24) is 4.98 Å². The summed E-state index contributed by atoms with van der Waals surface area (Å²) in [5.41, 5.74) is 0.646. The summed E-state index contributed by atoms with van der Waals surface area (Å²) in [5, 5.41) is 0. The first-order valence-corrected chi connectivity index (χ1v) is 2.84. The van der Waals surface area contributed by atoms with Crippen molar-refractivity contribution in [2.24, 2.45) is 4.99 Å². The minimum atomic E-state index is 0.438. The number of oxazole rings is 1. The fraction of sp³-hybridized carbons (Fsp3) is 0.143. The van der Waals surface area contributed by atoms with Crippen LogP contribution in [0, 0.1) is 6.92 Å². The van der Waals surface area contributed by atoms with Gasteiger partial charge in [0.25, 0.3) is 0 Å². The van der Waals surface area contributed by atoms with Crippen LogP contribution in [0.5, 0.6) is 0 Å². The van der Waals surface area contributed by atoms with Crippen LogP contribution in [0.25, 0.3) is 6.08 Å². The number of rotatable bonds is 2. The first-order valence-electron chi connectivity index (χ1n) is 2.84. The van der Waals surface area contributed by atoms with E-state index in [0.29, 0.717) is 17.5 Å². The van der Waals surface area contributed by atoms with E-state index in [1.54, 1.807) is 13.0 Å². The second-order valence-electron chi connectivity index (χ2n) is 1.79. The Kier molecular flexibility index (Phi) is 1.67. The molecule has 0 amide bonds. The molecule has 1 rings (SSSR count). The fourth-order valence-corrected chi connectivity index (χ4v) is 0.679. The topological polar surface area (TPSA) is 38.4 Å². The SMILES string of the molecule is C=Cc1nc(C)oc1N=C. The van der Waals surface area contributed by atoms with Crippen molar-refractivity contribution in [3.8, 4) is 0 Å². The van der Waals surface area contributed by atoms with Gasteiger partial charge in [-0.2, -0.15) is 0 Å². The van der Waals surface area contributed by atoms with Gasteiger partial charge < -0.3 is 4.42 Å². The molecule has 1 aromatic heterocycles. The smallest absolute Gasteiger partial charge is 0.246 e. The number of hydrogen-bond acceptors (Lipinski definition) is 3. The van der Waals surface area contributed by atoms with Crippen LogP contribution in [-0.4, -0.2) is 11.7 Å². The van der Waals surface area contributed by atoms with Gasteiger partial charge in [-0.15, -0.1) is 0 Å². The summed E-state index contributed by atoms with van der Waals surface area (Å²) in [6.07, 6.45) is 1.58. The van der Waals surface area contributed by atoms with Crippen LogP contribution in [0.15, 0.2) is 16.0 Å². The van der Waals surface area contributed by atoms with Gasteiger partial charge in [0.2, 0.25) is 5.88 Å². The highest BCUT2D eigenvalue weighted by Crippen LogP contribution is 2.19. The van der Waals surface area contributed by atoms with Crippen molar-refractivity contribution in [3.05, 3.63) is 18.2 Å². The minimum absolute atomic E-state index is 0.438. The molecule has 1 heterocycles. The van der Waals surface area contributed by atoms with Gasteiger partial charge in [0, 0.05) is 6.92 Å². The zero-order valence-corrected chi connectivity index (χ0v) is 5.79. The molecule has 3 nitrogen and oxygen atoms in total. The van der Waals surface area contributed by atoms with E-state index in [4.69, 9.17) is 4.42 Å². The Morgan fingerprint density at radius 2 is 2.40 bits per heavy atom. The van der Waals surface area contributed by atoms with Gasteiger partial charge in [-0.25, -0.2) is 9.98 Å². The summed E-state index contributed by atoms with van der Waals surface area (Å²) < 4.78 is 5.04. The number of aliphatic imine (C=N–C) groups is 1. The highest BCUT2D eigenvalue weighted by molar-refractivity contribution is 5.55. The Morgan fingerprint density at radius 1 is 1.70 bits per heavy atom. The van der Waals surface area contributed by atoms with Gasteiger partial charge in [0.15, 0.2) is 5.89 Å². The quantitative estimate of drug-likeness (QED) is 0.583. The zero-order valence-electron chi connectivity index (χ0n) is 5.79. The minimum Gasteiger partial charge on any atom is -0.423 e. The maximum absolute atomic E-state index is 5.04. The summed E-state index contributed by atoms with van der Waals surface area (Å²) in [7, 11) is 0. The van der Waals surface area contributed by atoms with Gasteiger partial charge in [0.1, 0.15) is 5.69 Å². The maximum atomic E-state index is 5.04. The summed E-state index contributed by atoms with van der Waals surface area (Å²) in [5.74, 6) is 1.02. The number of hydrogen-bond donors (Lipinski definition) is 0. The highest BCUT2D eigenvalue weighted by Gasteiger charge is 2.03. The Morgan fingerprint density at radius 3 is 2.80 bits per heavy atom. The molecule has 0 saturated carbocycles. The lowest BCUT2D eigenvalue weighted by Gasteiger charge is -1.81. The van der Waals surface area contributed by atoms with Crippen molar-refractivity contribution in [2.45, 2.75) is 6.92 Å². The van der Waals surface area contributed by atoms with Crippen LogP contribution in [0.1, 0.15) is 11.6 Å². The summed E-state index contributed by atoms with van der Waals surface area (Å²) in [4.78, 5) is 7.59.